The van der Waals surface area contributed by atoms with Gasteiger partial charge in [-0.1, -0.05) is 23.2 Å². The molecule has 0 radical (unpaired) electrons. The van der Waals surface area contributed by atoms with Crippen molar-refractivity contribution in [2.45, 2.75) is 12.8 Å². The van der Waals surface area contributed by atoms with Crippen LogP contribution in [0.15, 0.2) is 12.1 Å². The minimum atomic E-state index is -0.467. The number of ether oxygens (including phenoxy) is 1. The Kier molecular flexibility index (Phi) is 4.71. The van der Waals surface area contributed by atoms with E-state index in [9.17, 15) is 4.79 Å². The van der Waals surface area contributed by atoms with Crippen LogP contribution in [-0.2, 0) is 10.6 Å². The van der Waals surface area contributed by atoms with Gasteiger partial charge in [0.15, 0.2) is 0 Å². The zero-order valence-electron chi connectivity index (χ0n) is 8.02. The average molecular weight is 268 g/mol. The van der Waals surface area contributed by atoms with Crippen molar-refractivity contribution in [3.63, 3.8) is 0 Å². The Morgan fingerprint density at radius 1 is 1.33 bits per heavy atom. The summed E-state index contributed by atoms with van der Waals surface area (Å²) in [5.41, 5.74) is 0.948. The molecule has 0 heterocycles. The Balaban J connectivity index is 3.12. The molecule has 0 aliphatic rings. The van der Waals surface area contributed by atoms with Crippen molar-refractivity contribution >= 4 is 40.8 Å². The van der Waals surface area contributed by atoms with E-state index in [1.54, 1.807) is 13.0 Å². The molecular weight excluding hydrogens is 258 g/mol. The van der Waals surface area contributed by atoms with Gasteiger partial charge in [0.1, 0.15) is 0 Å². The van der Waals surface area contributed by atoms with E-state index in [0.717, 1.165) is 0 Å². The second kappa shape index (κ2) is 5.59. The van der Waals surface area contributed by atoms with Crippen LogP contribution >= 0.6 is 34.8 Å². The number of carbonyl (C=O) groups excluding carboxylic acids is 1. The molecule has 1 rings (SSSR count). The molecule has 0 saturated heterocycles. The van der Waals surface area contributed by atoms with E-state index in [4.69, 9.17) is 39.5 Å². The number of rotatable bonds is 3. The van der Waals surface area contributed by atoms with Gasteiger partial charge in [-0.2, -0.15) is 0 Å². The predicted molar refractivity (Wildman–Crippen MR) is 62.0 cm³/mol. The number of hydrogen-bond donors (Lipinski definition) is 0. The molecule has 82 valence electrons. The number of esters is 1. The van der Waals surface area contributed by atoms with Gasteiger partial charge in [-0.3, -0.25) is 0 Å². The fourth-order valence-corrected chi connectivity index (χ4v) is 1.88. The maximum atomic E-state index is 11.5. The van der Waals surface area contributed by atoms with Crippen molar-refractivity contribution in [1.82, 2.24) is 0 Å². The highest BCUT2D eigenvalue weighted by Crippen LogP contribution is 2.27. The number of hydrogen-bond acceptors (Lipinski definition) is 2. The van der Waals surface area contributed by atoms with Crippen molar-refractivity contribution < 1.29 is 9.53 Å². The fourth-order valence-electron chi connectivity index (χ4n) is 1.06. The molecule has 15 heavy (non-hydrogen) atoms. The fraction of sp³-hybridized carbons (Fsp3) is 0.300. The summed E-state index contributed by atoms with van der Waals surface area (Å²) in [7, 11) is 0. The van der Waals surface area contributed by atoms with Crippen LogP contribution in [0.1, 0.15) is 22.8 Å². The normalized spacial score (nSPS) is 10.1. The van der Waals surface area contributed by atoms with Gasteiger partial charge in [0.2, 0.25) is 0 Å². The van der Waals surface area contributed by atoms with E-state index in [0.29, 0.717) is 22.8 Å². The first kappa shape index (κ1) is 12.6. The third-order valence-corrected chi connectivity index (χ3v) is 2.73. The van der Waals surface area contributed by atoms with Crippen LogP contribution in [0, 0.1) is 0 Å². The summed E-state index contributed by atoms with van der Waals surface area (Å²) in [4.78, 5) is 11.5. The van der Waals surface area contributed by atoms with E-state index >= 15 is 0 Å². The lowest BCUT2D eigenvalue weighted by molar-refractivity contribution is 0.0526. The van der Waals surface area contributed by atoms with Crippen LogP contribution in [-0.4, -0.2) is 12.6 Å². The van der Waals surface area contributed by atoms with E-state index in [2.05, 4.69) is 0 Å². The zero-order valence-corrected chi connectivity index (χ0v) is 10.3. The van der Waals surface area contributed by atoms with Crippen LogP contribution in [0.2, 0.25) is 10.0 Å². The van der Waals surface area contributed by atoms with Gasteiger partial charge >= 0.3 is 5.97 Å². The van der Waals surface area contributed by atoms with Crippen LogP contribution < -0.4 is 0 Å². The van der Waals surface area contributed by atoms with Crippen molar-refractivity contribution in [3.05, 3.63) is 33.3 Å². The second-order valence-electron chi connectivity index (χ2n) is 2.78. The minimum absolute atomic E-state index is 0.225. The quantitative estimate of drug-likeness (QED) is 0.613. The number of benzene rings is 1. The lowest BCUT2D eigenvalue weighted by Crippen LogP contribution is -2.06. The van der Waals surface area contributed by atoms with Crippen LogP contribution in [0.25, 0.3) is 0 Å². The summed E-state index contributed by atoms with van der Waals surface area (Å²) < 4.78 is 4.84. The van der Waals surface area contributed by atoms with Crippen LogP contribution in [0.3, 0.4) is 0 Å². The molecule has 5 heteroatoms. The first-order chi connectivity index (χ1) is 7.10. The third-order valence-electron chi connectivity index (χ3n) is 1.78. The van der Waals surface area contributed by atoms with E-state index in [-0.39, 0.29) is 10.9 Å². The third kappa shape index (κ3) is 3.00. The van der Waals surface area contributed by atoms with Crippen LogP contribution in [0.4, 0.5) is 0 Å². The van der Waals surface area contributed by atoms with Crippen molar-refractivity contribution in [2.75, 3.05) is 6.61 Å². The number of halogens is 3. The summed E-state index contributed by atoms with van der Waals surface area (Å²) in [6.07, 6.45) is 0. The Bertz CT molecular complexity index is 377. The van der Waals surface area contributed by atoms with Gasteiger partial charge in [-0.05, 0) is 24.6 Å². The first-order valence-corrected chi connectivity index (χ1v) is 5.60. The number of alkyl halides is 1. The molecule has 1 aromatic rings. The molecule has 1 aromatic carbocycles. The molecule has 2 nitrogen and oxygen atoms in total. The Morgan fingerprint density at radius 3 is 2.53 bits per heavy atom. The lowest BCUT2D eigenvalue weighted by Gasteiger charge is -2.07. The van der Waals surface area contributed by atoms with Gasteiger partial charge in [0.05, 0.1) is 17.2 Å². The largest absolute Gasteiger partial charge is 0.462 e. The van der Waals surface area contributed by atoms with E-state index < -0.39 is 5.97 Å². The monoisotopic (exact) mass is 266 g/mol. The predicted octanol–water partition coefficient (Wildman–Crippen LogP) is 3.91. The highest BCUT2D eigenvalue weighted by Gasteiger charge is 2.14. The average Bonchev–Trinajstić information content (AvgIpc) is 2.18. The minimum Gasteiger partial charge on any atom is -0.462 e. The molecule has 0 atom stereocenters. The van der Waals surface area contributed by atoms with E-state index in [1.807, 2.05) is 0 Å². The maximum absolute atomic E-state index is 11.5. The number of carbonyl (C=O) groups is 1. The van der Waals surface area contributed by atoms with Crippen LogP contribution in [0.5, 0.6) is 0 Å². The van der Waals surface area contributed by atoms with E-state index in [1.165, 1.54) is 6.07 Å². The highest BCUT2D eigenvalue weighted by atomic mass is 35.5. The SMILES string of the molecule is CCOC(=O)c1cc(CCl)c(Cl)cc1Cl. The zero-order chi connectivity index (χ0) is 11.4. The molecule has 0 amide bonds. The smallest absolute Gasteiger partial charge is 0.339 e. The Morgan fingerprint density at radius 2 is 2.00 bits per heavy atom. The first-order valence-electron chi connectivity index (χ1n) is 4.31. The molecule has 0 aromatic heterocycles. The second-order valence-corrected chi connectivity index (χ2v) is 3.86. The highest BCUT2D eigenvalue weighted by molar-refractivity contribution is 6.37. The summed E-state index contributed by atoms with van der Waals surface area (Å²) in [5, 5.41) is 0.718. The topological polar surface area (TPSA) is 26.3 Å². The standard InChI is InChI=1S/C10H9Cl3O2/c1-2-15-10(14)7-3-6(5-11)8(12)4-9(7)13/h3-4H,2,5H2,1H3. The maximum Gasteiger partial charge on any atom is 0.339 e. The van der Waals surface area contributed by atoms with Gasteiger partial charge in [-0.25, -0.2) is 4.79 Å². The molecule has 0 N–H and O–H groups in total. The van der Waals surface area contributed by atoms with Gasteiger partial charge in [-0.15, -0.1) is 11.6 Å². The molecule has 0 saturated carbocycles. The summed E-state index contributed by atoms with van der Waals surface area (Å²) >= 11 is 17.4. The Hall–Kier alpha value is -0.440. The van der Waals surface area contributed by atoms with Crippen molar-refractivity contribution in [3.8, 4) is 0 Å². The lowest BCUT2D eigenvalue weighted by atomic mass is 10.1. The molecule has 0 unspecified atom stereocenters. The van der Waals surface area contributed by atoms with Gasteiger partial charge in [0, 0.05) is 10.9 Å². The Labute approximate surface area is 103 Å². The molecule has 0 aliphatic heterocycles. The molecule has 0 aliphatic carbocycles. The van der Waals surface area contributed by atoms with Crippen molar-refractivity contribution in [2.24, 2.45) is 0 Å². The molecular formula is C10H9Cl3O2. The molecule has 0 bridgehead atoms. The summed E-state index contributed by atoms with van der Waals surface area (Å²) in [5.74, 6) is -0.242. The van der Waals surface area contributed by atoms with Crippen molar-refractivity contribution in [1.29, 1.82) is 0 Å². The molecule has 0 spiro atoms. The van der Waals surface area contributed by atoms with Gasteiger partial charge in [0.25, 0.3) is 0 Å². The summed E-state index contributed by atoms with van der Waals surface area (Å²) in [6, 6.07) is 3.04. The van der Waals surface area contributed by atoms with Gasteiger partial charge < -0.3 is 4.74 Å². The summed E-state index contributed by atoms with van der Waals surface area (Å²) in [6.45, 7) is 2.03. The molecule has 0 fully saturated rings.